The van der Waals surface area contributed by atoms with Crippen molar-refractivity contribution in [2.24, 2.45) is 28.1 Å². The Labute approximate surface area is 202 Å². The number of hydrogen-bond donors (Lipinski definition) is 9. The zero-order valence-electron chi connectivity index (χ0n) is 20.1. The van der Waals surface area contributed by atoms with E-state index >= 15 is 0 Å². The van der Waals surface area contributed by atoms with Gasteiger partial charge in [0.15, 0.2) is 5.96 Å². The molecule has 0 bridgehead atoms. The molecule has 0 aliphatic heterocycles. The molecule has 0 saturated carbocycles. The summed E-state index contributed by atoms with van der Waals surface area (Å²) in [7, 11) is 0. The van der Waals surface area contributed by atoms with Gasteiger partial charge in [0, 0.05) is 6.54 Å². The van der Waals surface area contributed by atoms with E-state index in [0.29, 0.717) is 6.42 Å². The second kappa shape index (κ2) is 15.4. The number of carbonyl (C=O) groups is 5. The van der Waals surface area contributed by atoms with Gasteiger partial charge in [0.1, 0.15) is 24.2 Å². The Morgan fingerprint density at radius 3 is 1.94 bits per heavy atom. The van der Waals surface area contributed by atoms with Crippen LogP contribution in [-0.2, 0) is 24.0 Å². The number of guanidine groups is 1. The zero-order chi connectivity index (χ0) is 27.3. The van der Waals surface area contributed by atoms with Gasteiger partial charge in [-0.1, -0.05) is 20.3 Å². The van der Waals surface area contributed by atoms with Gasteiger partial charge in [-0.05, 0) is 25.7 Å². The molecule has 12 N–H and O–H groups in total. The van der Waals surface area contributed by atoms with Crippen molar-refractivity contribution < 1.29 is 39.3 Å². The molecule has 200 valence electrons. The fourth-order valence-electron chi connectivity index (χ4n) is 2.85. The number of nitrogens with two attached hydrogens (primary N) is 3. The smallest absolute Gasteiger partial charge is 0.326 e. The maximum atomic E-state index is 13.0. The molecule has 0 aliphatic rings. The van der Waals surface area contributed by atoms with Crippen LogP contribution in [-0.4, -0.2) is 87.8 Å². The topological polar surface area (TPSA) is 273 Å². The first-order valence-corrected chi connectivity index (χ1v) is 11.1. The summed E-state index contributed by atoms with van der Waals surface area (Å²) < 4.78 is 0. The van der Waals surface area contributed by atoms with Gasteiger partial charge in [-0.2, -0.15) is 0 Å². The summed E-state index contributed by atoms with van der Waals surface area (Å²) in [4.78, 5) is 64.2. The SMILES string of the molecule is CCC(C)C(NC(=O)C(N)C(C)O)C(=O)NC(CCCN=C(N)N)C(=O)NC(CC(=O)O)C(=O)O. The van der Waals surface area contributed by atoms with Crippen LogP contribution in [0.2, 0.25) is 0 Å². The molecule has 0 aromatic heterocycles. The number of hydrogen-bond acceptors (Lipinski definition) is 8. The van der Waals surface area contributed by atoms with Crippen molar-refractivity contribution in [3.05, 3.63) is 0 Å². The number of nitrogens with one attached hydrogen (secondary N) is 3. The van der Waals surface area contributed by atoms with E-state index in [1.54, 1.807) is 13.8 Å². The Morgan fingerprint density at radius 1 is 0.914 bits per heavy atom. The molecular weight excluding hydrogens is 466 g/mol. The monoisotopic (exact) mass is 503 g/mol. The van der Waals surface area contributed by atoms with Crippen LogP contribution in [0.25, 0.3) is 0 Å². The molecule has 0 saturated heterocycles. The first-order chi connectivity index (χ1) is 16.2. The Balaban J connectivity index is 5.71. The van der Waals surface area contributed by atoms with E-state index in [-0.39, 0.29) is 25.3 Å². The van der Waals surface area contributed by atoms with Crippen LogP contribution >= 0.6 is 0 Å². The van der Waals surface area contributed by atoms with Gasteiger partial charge in [-0.3, -0.25) is 24.2 Å². The van der Waals surface area contributed by atoms with E-state index in [4.69, 9.17) is 22.3 Å². The van der Waals surface area contributed by atoms with Crippen molar-refractivity contribution in [1.29, 1.82) is 0 Å². The molecule has 15 heteroatoms. The molecule has 0 rings (SSSR count). The first-order valence-electron chi connectivity index (χ1n) is 11.1. The average molecular weight is 504 g/mol. The van der Waals surface area contributed by atoms with Crippen LogP contribution in [0.1, 0.15) is 46.5 Å². The second-order valence-corrected chi connectivity index (χ2v) is 8.15. The molecular formula is C20H37N7O8. The number of carboxylic acid groups (broad SMARTS) is 2. The molecule has 6 atom stereocenters. The third-order valence-corrected chi connectivity index (χ3v) is 5.19. The van der Waals surface area contributed by atoms with Gasteiger partial charge in [0.05, 0.1) is 12.5 Å². The summed E-state index contributed by atoms with van der Waals surface area (Å²) in [6.45, 7) is 4.87. The average Bonchev–Trinajstić information content (AvgIpc) is 2.76. The fraction of sp³-hybridized carbons (Fsp3) is 0.700. The number of aliphatic hydroxyl groups excluding tert-OH is 1. The van der Waals surface area contributed by atoms with Crippen LogP contribution < -0.4 is 33.2 Å². The zero-order valence-corrected chi connectivity index (χ0v) is 20.1. The van der Waals surface area contributed by atoms with E-state index in [9.17, 15) is 34.2 Å². The van der Waals surface area contributed by atoms with Gasteiger partial charge >= 0.3 is 11.9 Å². The Kier molecular flexibility index (Phi) is 13.9. The Bertz CT molecular complexity index is 785. The summed E-state index contributed by atoms with van der Waals surface area (Å²) in [5.74, 6) is -6.06. The predicted octanol–water partition coefficient (Wildman–Crippen LogP) is -3.19. The number of amides is 3. The van der Waals surface area contributed by atoms with Gasteiger partial charge < -0.3 is 48.5 Å². The van der Waals surface area contributed by atoms with Gasteiger partial charge in [-0.25, -0.2) is 4.79 Å². The highest BCUT2D eigenvalue weighted by Gasteiger charge is 2.33. The highest BCUT2D eigenvalue weighted by atomic mass is 16.4. The van der Waals surface area contributed by atoms with E-state index in [1.807, 2.05) is 0 Å². The minimum Gasteiger partial charge on any atom is -0.481 e. The molecule has 6 unspecified atom stereocenters. The Hall–Kier alpha value is -3.46. The van der Waals surface area contributed by atoms with Crippen molar-refractivity contribution >= 4 is 35.6 Å². The molecule has 0 aromatic rings. The van der Waals surface area contributed by atoms with Crippen molar-refractivity contribution in [3.63, 3.8) is 0 Å². The fourth-order valence-corrected chi connectivity index (χ4v) is 2.85. The molecule has 0 aromatic carbocycles. The summed E-state index contributed by atoms with van der Waals surface area (Å²) in [5, 5.41) is 34.7. The van der Waals surface area contributed by atoms with Gasteiger partial charge in [-0.15, -0.1) is 0 Å². The minimum atomic E-state index is -1.73. The molecule has 3 amide bonds. The quantitative estimate of drug-likeness (QED) is 0.0574. The Morgan fingerprint density at radius 2 is 1.49 bits per heavy atom. The van der Waals surface area contributed by atoms with Crippen LogP contribution in [0, 0.1) is 5.92 Å². The standard InChI is InChI=1S/C20H37N7O8/c1-4-9(2)15(27-17(32)14(21)10(3)28)18(33)25-11(6-5-7-24-20(22)23)16(31)26-12(19(34)35)8-13(29)30/h9-12,14-15,28H,4-8,21H2,1-3H3,(H,25,33)(H,26,31)(H,27,32)(H,29,30)(H,34,35)(H4,22,23,24). The summed E-state index contributed by atoms with van der Waals surface area (Å²) >= 11 is 0. The normalized spacial score (nSPS) is 15.9. The highest BCUT2D eigenvalue weighted by molar-refractivity contribution is 5.94. The number of aliphatic imine (C=N–C) groups is 1. The van der Waals surface area contributed by atoms with Crippen LogP contribution in [0.3, 0.4) is 0 Å². The summed E-state index contributed by atoms with van der Waals surface area (Å²) in [6.07, 6.45) is -1.41. The van der Waals surface area contributed by atoms with Crippen LogP contribution in [0.5, 0.6) is 0 Å². The molecule has 0 spiro atoms. The predicted molar refractivity (Wildman–Crippen MR) is 125 cm³/mol. The van der Waals surface area contributed by atoms with Crippen molar-refractivity contribution in [2.45, 2.75) is 76.7 Å². The molecule has 0 aliphatic carbocycles. The van der Waals surface area contributed by atoms with E-state index < -0.39 is 72.3 Å². The van der Waals surface area contributed by atoms with Crippen molar-refractivity contribution in [3.8, 4) is 0 Å². The molecule has 0 fully saturated rings. The lowest BCUT2D eigenvalue weighted by atomic mass is 9.96. The lowest BCUT2D eigenvalue weighted by molar-refractivity contribution is -0.147. The van der Waals surface area contributed by atoms with Crippen molar-refractivity contribution in [2.75, 3.05) is 6.54 Å². The maximum absolute atomic E-state index is 13.0. The third kappa shape index (κ3) is 12.0. The molecule has 0 heterocycles. The summed E-state index contributed by atoms with van der Waals surface area (Å²) in [6, 6.07) is -5.44. The number of aliphatic carboxylic acids is 2. The van der Waals surface area contributed by atoms with Gasteiger partial charge in [0.2, 0.25) is 17.7 Å². The third-order valence-electron chi connectivity index (χ3n) is 5.19. The maximum Gasteiger partial charge on any atom is 0.326 e. The van der Waals surface area contributed by atoms with E-state index in [2.05, 4.69) is 20.9 Å². The number of rotatable bonds is 16. The number of aliphatic hydroxyl groups is 1. The number of nitrogens with zero attached hydrogens (tertiary/aromatic N) is 1. The molecule has 0 radical (unpaired) electrons. The van der Waals surface area contributed by atoms with E-state index in [0.717, 1.165) is 0 Å². The largest absolute Gasteiger partial charge is 0.481 e. The van der Waals surface area contributed by atoms with Gasteiger partial charge in [0.25, 0.3) is 0 Å². The van der Waals surface area contributed by atoms with Crippen LogP contribution in [0.4, 0.5) is 0 Å². The number of carbonyl (C=O) groups excluding carboxylic acids is 3. The van der Waals surface area contributed by atoms with Crippen molar-refractivity contribution in [1.82, 2.24) is 16.0 Å². The lowest BCUT2D eigenvalue weighted by Gasteiger charge is -2.28. The van der Waals surface area contributed by atoms with Crippen LogP contribution in [0.15, 0.2) is 4.99 Å². The lowest BCUT2D eigenvalue weighted by Crippen LogP contribution is -2.59. The summed E-state index contributed by atoms with van der Waals surface area (Å²) in [5.41, 5.74) is 16.2. The first kappa shape index (κ1) is 31.5. The highest BCUT2D eigenvalue weighted by Crippen LogP contribution is 2.10. The van der Waals surface area contributed by atoms with E-state index in [1.165, 1.54) is 6.92 Å². The molecule has 35 heavy (non-hydrogen) atoms. The minimum absolute atomic E-state index is 0.0257. The second-order valence-electron chi connectivity index (χ2n) is 8.15. The molecule has 15 nitrogen and oxygen atoms in total. The number of carboxylic acids is 2.